The lowest BCUT2D eigenvalue weighted by atomic mass is 9.93. The molecule has 0 aromatic carbocycles. The fourth-order valence-corrected chi connectivity index (χ4v) is 3.63. The van der Waals surface area contributed by atoms with E-state index in [1.807, 2.05) is 27.7 Å². The first kappa shape index (κ1) is 27.9. The minimum Gasteiger partial charge on any atom is -0.463 e. The van der Waals surface area contributed by atoms with Gasteiger partial charge in [-0.15, -0.1) is 0 Å². The van der Waals surface area contributed by atoms with Crippen LogP contribution in [0.3, 0.4) is 0 Å². The van der Waals surface area contributed by atoms with Gasteiger partial charge in [0.15, 0.2) is 0 Å². The summed E-state index contributed by atoms with van der Waals surface area (Å²) in [5, 5.41) is 0. The summed E-state index contributed by atoms with van der Waals surface area (Å²) in [7, 11) is 0. The third kappa shape index (κ3) is 20.0. The summed E-state index contributed by atoms with van der Waals surface area (Å²) in [5.74, 6) is 0.558. The van der Waals surface area contributed by atoms with Crippen LogP contribution in [0.15, 0.2) is 0 Å². The van der Waals surface area contributed by atoms with E-state index < -0.39 is 0 Å². The Hall–Kier alpha value is -1.06. The van der Waals surface area contributed by atoms with Gasteiger partial charge in [-0.05, 0) is 46.5 Å². The number of esters is 2. The van der Waals surface area contributed by atoms with Gasteiger partial charge in [0.1, 0.15) is 0 Å². The Morgan fingerprint density at radius 1 is 0.586 bits per heavy atom. The average Bonchev–Trinajstić information content (AvgIpc) is 2.63. The Morgan fingerprint density at radius 3 is 1.45 bits per heavy atom. The topological polar surface area (TPSA) is 52.6 Å². The van der Waals surface area contributed by atoms with E-state index in [2.05, 4.69) is 6.92 Å². The molecule has 0 aromatic rings. The number of ether oxygens (including phenoxy) is 2. The largest absolute Gasteiger partial charge is 0.463 e. The predicted molar refractivity (Wildman–Crippen MR) is 121 cm³/mol. The standard InChI is InChI=1S/C25H48O4/c1-6-23(19-20-25(27)29-22(4)5)17-15-13-11-9-7-8-10-12-14-16-18-24(26)28-21(2)3/h21-23H,6-20H2,1-5H3. The number of carbonyl (C=O) groups is 2. The Morgan fingerprint density at radius 2 is 1.00 bits per heavy atom. The first-order valence-electron chi connectivity index (χ1n) is 12.2. The van der Waals surface area contributed by atoms with Crippen LogP contribution >= 0.6 is 0 Å². The molecule has 29 heavy (non-hydrogen) atoms. The molecule has 4 heteroatoms. The van der Waals surface area contributed by atoms with Crippen molar-refractivity contribution in [2.45, 2.75) is 143 Å². The smallest absolute Gasteiger partial charge is 0.306 e. The van der Waals surface area contributed by atoms with Crippen molar-refractivity contribution >= 4 is 11.9 Å². The molecule has 1 unspecified atom stereocenters. The third-order valence-corrected chi connectivity index (χ3v) is 5.31. The molecule has 0 spiro atoms. The predicted octanol–water partition coefficient (Wildman–Crippen LogP) is 7.38. The van der Waals surface area contributed by atoms with Crippen LogP contribution < -0.4 is 0 Å². The van der Waals surface area contributed by atoms with Crippen molar-refractivity contribution in [2.75, 3.05) is 0 Å². The molecule has 0 aromatic heterocycles. The molecule has 4 nitrogen and oxygen atoms in total. The molecule has 0 bridgehead atoms. The molecule has 0 saturated heterocycles. The van der Waals surface area contributed by atoms with Gasteiger partial charge in [-0.25, -0.2) is 0 Å². The molecule has 0 heterocycles. The van der Waals surface area contributed by atoms with Crippen molar-refractivity contribution in [3.63, 3.8) is 0 Å². The minimum atomic E-state index is -0.0548. The fraction of sp³-hybridized carbons (Fsp3) is 0.920. The lowest BCUT2D eigenvalue weighted by molar-refractivity contribution is -0.148. The van der Waals surface area contributed by atoms with Crippen molar-refractivity contribution in [3.05, 3.63) is 0 Å². The van der Waals surface area contributed by atoms with Crippen molar-refractivity contribution in [1.82, 2.24) is 0 Å². The molecule has 0 saturated carbocycles. The van der Waals surface area contributed by atoms with Crippen molar-refractivity contribution in [3.8, 4) is 0 Å². The monoisotopic (exact) mass is 412 g/mol. The molecular weight excluding hydrogens is 364 g/mol. The van der Waals surface area contributed by atoms with Crippen LogP contribution in [-0.2, 0) is 19.1 Å². The van der Waals surface area contributed by atoms with Crippen LogP contribution in [0.2, 0.25) is 0 Å². The maximum Gasteiger partial charge on any atom is 0.306 e. The highest BCUT2D eigenvalue weighted by Crippen LogP contribution is 2.20. The van der Waals surface area contributed by atoms with E-state index in [1.54, 1.807) is 0 Å². The van der Waals surface area contributed by atoms with Crippen LogP contribution in [0.25, 0.3) is 0 Å². The second kappa shape index (κ2) is 18.9. The second-order valence-electron chi connectivity index (χ2n) is 8.96. The molecule has 0 aliphatic carbocycles. The molecule has 0 amide bonds. The molecule has 0 radical (unpaired) electrons. The van der Waals surface area contributed by atoms with Crippen LogP contribution in [0, 0.1) is 5.92 Å². The lowest BCUT2D eigenvalue weighted by Crippen LogP contribution is -2.12. The van der Waals surface area contributed by atoms with Gasteiger partial charge in [-0.2, -0.15) is 0 Å². The normalized spacial score (nSPS) is 12.4. The summed E-state index contributed by atoms with van der Waals surface area (Å²) >= 11 is 0. The zero-order chi connectivity index (χ0) is 21.9. The van der Waals surface area contributed by atoms with Gasteiger partial charge in [0, 0.05) is 12.8 Å². The zero-order valence-electron chi connectivity index (χ0n) is 20.0. The Balaban J connectivity index is 3.43. The summed E-state index contributed by atoms with van der Waals surface area (Å²) in [6, 6.07) is 0. The highest BCUT2D eigenvalue weighted by molar-refractivity contribution is 5.69. The molecule has 0 N–H and O–H groups in total. The summed E-state index contributed by atoms with van der Waals surface area (Å²) in [6.45, 7) is 9.83. The fourth-order valence-electron chi connectivity index (χ4n) is 3.63. The zero-order valence-corrected chi connectivity index (χ0v) is 20.0. The maximum absolute atomic E-state index is 11.7. The van der Waals surface area contributed by atoms with Gasteiger partial charge in [0.05, 0.1) is 12.2 Å². The van der Waals surface area contributed by atoms with E-state index in [-0.39, 0.29) is 24.1 Å². The summed E-state index contributed by atoms with van der Waals surface area (Å²) in [6.07, 6.45) is 17.0. The van der Waals surface area contributed by atoms with Crippen molar-refractivity contribution in [1.29, 1.82) is 0 Å². The molecule has 1 atom stereocenters. The molecule has 0 aliphatic rings. The second-order valence-corrected chi connectivity index (χ2v) is 8.96. The lowest BCUT2D eigenvalue weighted by Gasteiger charge is -2.15. The Labute approximate surface area is 180 Å². The molecule has 172 valence electrons. The SMILES string of the molecule is CCC(CCCCCCCCCCCCC(=O)OC(C)C)CCC(=O)OC(C)C. The highest BCUT2D eigenvalue weighted by Gasteiger charge is 2.11. The van der Waals surface area contributed by atoms with Gasteiger partial charge in [-0.1, -0.05) is 77.6 Å². The summed E-state index contributed by atoms with van der Waals surface area (Å²) in [5.41, 5.74) is 0. The maximum atomic E-state index is 11.7. The molecule has 0 rings (SSSR count). The Bertz CT molecular complexity index is 404. The summed E-state index contributed by atoms with van der Waals surface area (Å²) < 4.78 is 10.4. The van der Waals surface area contributed by atoms with E-state index in [1.165, 1.54) is 57.8 Å². The van der Waals surface area contributed by atoms with Gasteiger partial charge in [-0.3, -0.25) is 9.59 Å². The first-order chi connectivity index (χ1) is 13.8. The number of hydrogen-bond donors (Lipinski definition) is 0. The van der Waals surface area contributed by atoms with E-state index in [0.29, 0.717) is 18.8 Å². The summed E-state index contributed by atoms with van der Waals surface area (Å²) in [4.78, 5) is 23.1. The number of rotatable bonds is 19. The quantitative estimate of drug-likeness (QED) is 0.164. The van der Waals surface area contributed by atoms with E-state index in [0.717, 1.165) is 25.7 Å². The Kier molecular flexibility index (Phi) is 18.2. The third-order valence-electron chi connectivity index (χ3n) is 5.31. The van der Waals surface area contributed by atoms with Gasteiger partial charge in [0.2, 0.25) is 0 Å². The van der Waals surface area contributed by atoms with Crippen LogP contribution in [0.1, 0.15) is 131 Å². The molecule has 0 aliphatic heterocycles. The van der Waals surface area contributed by atoms with Gasteiger partial charge < -0.3 is 9.47 Å². The van der Waals surface area contributed by atoms with Crippen molar-refractivity contribution in [2.24, 2.45) is 5.92 Å². The number of unbranched alkanes of at least 4 members (excludes halogenated alkanes) is 9. The van der Waals surface area contributed by atoms with E-state index in [4.69, 9.17) is 9.47 Å². The highest BCUT2D eigenvalue weighted by atomic mass is 16.5. The van der Waals surface area contributed by atoms with Crippen LogP contribution in [0.4, 0.5) is 0 Å². The number of carbonyl (C=O) groups excluding carboxylic acids is 2. The van der Waals surface area contributed by atoms with E-state index in [9.17, 15) is 9.59 Å². The van der Waals surface area contributed by atoms with Gasteiger partial charge >= 0.3 is 11.9 Å². The average molecular weight is 413 g/mol. The van der Waals surface area contributed by atoms with E-state index >= 15 is 0 Å². The van der Waals surface area contributed by atoms with Gasteiger partial charge in [0.25, 0.3) is 0 Å². The first-order valence-corrected chi connectivity index (χ1v) is 12.2. The molecular formula is C25H48O4. The molecule has 0 fully saturated rings. The van der Waals surface area contributed by atoms with Crippen molar-refractivity contribution < 1.29 is 19.1 Å². The van der Waals surface area contributed by atoms with Crippen LogP contribution in [0.5, 0.6) is 0 Å². The minimum absolute atomic E-state index is 0.00359. The van der Waals surface area contributed by atoms with Crippen LogP contribution in [-0.4, -0.2) is 24.1 Å². The number of hydrogen-bond acceptors (Lipinski definition) is 4.